The lowest BCUT2D eigenvalue weighted by atomic mass is 10.1. The van der Waals surface area contributed by atoms with Crippen molar-refractivity contribution in [2.24, 2.45) is 7.05 Å². The van der Waals surface area contributed by atoms with Crippen LogP contribution in [0.2, 0.25) is 0 Å². The highest BCUT2D eigenvalue weighted by Crippen LogP contribution is 2.19. The van der Waals surface area contributed by atoms with Crippen molar-refractivity contribution in [1.82, 2.24) is 0 Å². The number of nitro groups is 1. The second-order valence-electron chi connectivity index (χ2n) is 6.34. The van der Waals surface area contributed by atoms with E-state index in [2.05, 4.69) is 0 Å². The first-order valence-electron chi connectivity index (χ1n) is 9.13. The average molecular weight is 426 g/mol. The topological polar surface area (TPSA) is 104 Å². The standard InChI is InChI=1S/C14H13N2O2.C8H10O3S/c1-15-11-5-4-7-13(15)10-9-12-6-2-3-8-14(12)16(17)18;1-2-7-3-5-8(6-4-7)12(9,10)11/h2-11H,1H3;3-6H,2H2,1H3,(H,9,10,11)/q+1;/p-1/b10-9+;. The predicted octanol–water partition coefficient (Wildman–Crippen LogP) is 3.74. The Kier molecular flexibility index (Phi) is 7.97. The maximum atomic E-state index is 10.9. The summed E-state index contributed by atoms with van der Waals surface area (Å²) >= 11 is 0. The van der Waals surface area contributed by atoms with Gasteiger partial charge in [0.15, 0.2) is 6.20 Å². The van der Waals surface area contributed by atoms with Crippen LogP contribution < -0.4 is 4.57 Å². The molecule has 156 valence electrons. The number of rotatable bonds is 5. The Labute approximate surface area is 175 Å². The Morgan fingerprint density at radius 2 is 1.60 bits per heavy atom. The van der Waals surface area contributed by atoms with E-state index in [-0.39, 0.29) is 15.5 Å². The average Bonchev–Trinajstić information content (AvgIpc) is 2.73. The highest BCUT2D eigenvalue weighted by Gasteiger charge is 2.10. The SMILES string of the molecule is CCc1ccc(S(=O)(=O)[O-])cc1.C[n+]1ccccc1/C=C/c1ccccc1[N+](=O)[O-]. The molecule has 0 saturated heterocycles. The zero-order valence-corrected chi connectivity index (χ0v) is 17.5. The maximum Gasteiger partial charge on any atom is 0.276 e. The first-order valence-corrected chi connectivity index (χ1v) is 10.5. The van der Waals surface area contributed by atoms with E-state index < -0.39 is 10.1 Å². The lowest BCUT2D eigenvalue weighted by Crippen LogP contribution is -2.30. The Hall–Kier alpha value is -3.36. The molecule has 8 heteroatoms. The molecular weight excluding hydrogens is 404 g/mol. The number of aromatic nitrogens is 1. The summed E-state index contributed by atoms with van der Waals surface area (Å²) in [5, 5.41) is 10.9. The summed E-state index contributed by atoms with van der Waals surface area (Å²) in [7, 11) is -2.35. The Balaban J connectivity index is 0.000000232. The van der Waals surface area contributed by atoms with Crippen molar-refractivity contribution in [2.45, 2.75) is 18.2 Å². The highest BCUT2D eigenvalue weighted by atomic mass is 32.2. The third-order valence-corrected chi connectivity index (χ3v) is 5.13. The lowest BCUT2D eigenvalue weighted by Gasteiger charge is -2.06. The molecule has 0 atom stereocenters. The summed E-state index contributed by atoms with van der Waals surface area (Å²) in [6.45, 7) is 1.96. The first kappa shape index (κ1) is 22.9. The Bertz CT molecular complexity index is 1140. The third-order valence-electron chi connectivity index (χ3n) is 4.28. The molecule has 0 spiro atoms. The molecule has 30 heavy (non-hydrogen) atoms. The molecule has 0 bridgehead atoms. The van der Waals surface area contributed by atoms with Gasteiger partial charge >= 0.3 is 0 Å². The number of nitro benzene ring substituents is 1. The third kappa shape index (κ3) is 6.61. The van der Waals surface area contributed by atoms with E-state index in [1.165, 1.54) is 18.2 Å². The minimum atomic E-state index is -4.28. The van der Waals surface area contributed by atoms with Gasteiger partial charge < -0.3 is 4.55 Å². The molecule has 0 amide bonds. The predicted molar refractivity (Wildman–Crippen MR) is 113 cm³/mol. The van der Waals surface area contributed by atoms with Crippen LogP contribution >= 0.6 is 0 Å². The van der Waals surface area contributed by atoms with Crippen LogP contribution in [0.3, 0.4) is 0 Å². The van der Waals surface area contributed by atoms with Crippen molar-refractivity contribution in [1.29, 1.82) is 0 Å². The molecule has 2 aromatic carbocycles. The second-order valence-corrected chi connectivity index (χ2v) is 7.72. The molecule has 0 unspecified atom stereocenters. The molecule has 1 heterocycles. The molecule has 0 N–H and O–H groups in total. The summed E-state index contributed by atoms with van der Waals surface area (Å²) in [6.07, 6.45) is 6.38. The van der Waals surface area contributed by atoms with Crippen LogP contribution in [0.5, 0.6) is 0 Å². The fourth-order valence-electron chi connectivity index (χ4n) is 2.57. The van der Waals surface area contributed by atoms with Gasteiger partial charge in [-0.1, -0.05) is 31.2 Å². The quantitative estimate of drug-likeness (QED) is 0.267. The fraction of sp³-hybridized carbons (Fsp3) is 0.136. The minimum absolute atomic E-state index is 0.118. The van der Waals surface area contributed by atoms with Crippen molar-refractivity contribution in [3.05, 3.63) is 99.9 Å². The number of hydrogen-bond acceptors (Lipinski definition) is 5. The van der Waals surface area contributed by atoms with Gasteiger partial charge in [0.2, 0.25) is 5.69 Å². The molecule has 0 radical (unpaired) electrons. The van der Waals surface area contributed by atoms with Gasteiger partial charge in [-0.25, -0.2) is 13.0 Å². The monoisotopic (exact) mass is 426 g/mol. The Morgan fingerprint density at radius 3 is 2.17 bits per heavy atom. The lowest BCUT2D eigenvalue weighted by molar-refractivity contribution is -0.673. The fourth-order valence-corrected chi connectivity index (χ4v) is 3.04. The normalized spacial score (nSPS) is 11.0. The summed E-state index contributed by atoms with van der Waals surface area (Å²) in [5.74, 6) is 0. The maximum absolute atomic E-state index is 10.9. The van der Waals surface area contributed by atoms with Gasteiger partial charge in [0.25, 0.3) is 5.69 Å². The van der Waals surface area contributed by atoms with Crippen LogP contribution in [-0.4, -0.2) is 17.9 Å². The Morgan fingerprint density at radius 1 is 0.967 bits per heavy atom. The van der Waals surface area contributed by atoms with Gasteiger partial charge in [-0.3, -0.25) is 10.1 Å². The molecule has 7 nitrogen and oxygen atoms in total. The van der Waals surface area contributed by atoms with Gasteiger partial charge in [-0.15, -0.1) is 0 Å². The van der Waals surface area contributed by atoms with E-state index >= 15 is 0 Å². The summed E-state index contributed by atoms with van der Waals surface area (Å²) in [6, 6.07) is 18.5. The van der Waals surface area contributed by atoms with Crippen molar-refractivity contribution < 1.29 is 22.5 Å². The van der Waals surface area contributed by atoms with Crippen LogP contribution in [0.1, 0.15) is 23.7 Å². The molecule has 0 saturated carbocycles. The van der Waals surface area contributed by atoms with Gasteiger partial charge in [0.1, 0.15) is 17.2 Å². The van der Waals surface area contributed by atoms with Crippen LogP contribution in [0.15, 0.2) is 77.8 Å². The number of benzene rings is 2. The van der Waals surface area contributed by atoms with E-state index in [1.54, 1.807) is 36.4 Å². The molecule has 0 aliphatic carbocycles. The van der Waals surface area contributed by atoms with Gasteiger partial charge in [0, 0.05) is 24.3 Å². The molecular formula is C22H22N2O5S. The molecule has 0 fully saturated rings. The number of hydrogen-bond donors (Lipinski definition) is 0. The highest BCUT2D eigenvalue weighted by molar-refractivity contribution is 7.85. The van der Waals surface area contributed by atoms with E-state index in [1.807, 2.05) is 49.0 Å². The van der Waals surface area contributed by atoms with Gasteiger partial charge in [-0.05, 0) is 42.3 Å². The van der Waals surface area contributed by atoms with E-state index in [0.29, 0.717) is 5.56 Å². The molecule has 0 aliphatic rings. The summed E-state index contributed by atoms with van der Waals surface area (Å²) in [5.41, 5.74) is 2.72. The van der Waals surface area contributed by atoms with Crippen molar-refractivity contribution in [2.75, 3.05) is 0 Å². The molecule has 3 aromatic rings. The van der Waals surface area contributed by atoms with E-state index in [4.69, 9.17) is 0 Å². The first-order chi connectivity index (χ1) is 14.2. The summed E-state index contributed by atoms with van der Waals surface area (Å²) in [4.78, 5) is 10.3. The van der Waals surface area contributed by atoms with Gasteiger partial charge in [0.05, 0.1) is 15.4 Å². The minimum Gasteiger partial charge on any atom is -0.744 e. The molecule has 3 rings (SSSR count). The van der Waals surface area contributed by atoms with Crippen LogP contribution in [0.25, 0.3) is 12.2 Å². The largest absolute Gasteiger partial charge is 0.744 e. The smallest absolute Gasteiger partial charge is 0.276 e. The van der Waals surface area contributed by atoms with E-state index in [0.717, 1.165) is 17.7 Å². The summed E-state index contributed by atoms with van der Waals surface area (Å²) < 4.78 is 33.4. The van der Waals surface area contributed by atoms with Crippen molar-refractivity contribution in [3.8, 4) is 0 Å². The zero-order valence-electron chi connectivity index (χ0n) is 16.6. The van der Waals surface area contributed by atoms with Crippen molar-refractivity contribution in [3.63, 3.8) is 0 Å². The number of pyridine rings is 1. The van der Waals surface area contributed by atoms with Crippen molar-refractivity contribution >= 4 is 28.0 Å². The number of nitrogens with zero attached hydrogens (tertiary/aromatic N) is 2. The van der Waals surface area contributed by atoms with E-state index in [9.17, 15) is 23.1 Å². The zero-order chi connectivity index (χ0) is 22.1. The van der Waals surface area contributed by atoms with Crippen LogP contribution in [-0.2, 0) is 23.6 Å². The number of para-hydroxylation sites is 1. The van der Waals surface area contributed by atoms with Crippen LogP contribution in [0.4, 0.5) is 5.69 Å². The number of aryl methyl sites for hydroxylation is 2. The molecule has 1 aromatic heterocycles. The second kappa shape index (κ2) is 10.4. The van der Waals surface area contributed by atoms with Gasteiger partial charge in [-0.2, -0.15) is 0 Å². The molecule has 0 aliphatic heterocycles. The van der Waals surface area contributed by atoms with Crippen LogP contribution in [0, 0.1) is 10.1 Å².